The molecule has 1 aromatic rings. The topological polar surface area (TPSA) is 55.1 Å². The van der Waals surface area contributed by atoms with Crippen molar-refractivity contribution in [2.45, 2.75) is 26.3 Å². The lowest BCUT2D eigenvalue weighted by Crippen LogP contribution is -2.35. The summed E-state index contributed by atoms with van der Waals surface area (Å²) in [6, 6.07) is 0.150. The van der Waals surface area contributed by atoms with Gasteiger partial charge in [-0.3, -0.25) is 4.79 Å². The lowest BCUT2D eigenvalue weighted by Gasteiger charge is -2.12. The number of aryl methyl sites for hydroxylation is 1. The molecule has 0 saturated carbocycles. The van der Waals surface area contributed by atoms with Crippen LogP contribution < -0.4 is 5.32 Å². The fourth-order valence-corrected chi connectivity index (χ4v) is 1.65. The molecule has 14 heavy (non-hydrogen) atoms. The van der Waals surface area contributed by atoms with E-state index >= 15 is 0 Å². The van der Waals surface area contributed by atoms with Gasteiger partial charge in [-0.1, -0.05) is 28.0 Å². The summed E-state index contributed by atoms with van der Waals surface area (Å²) >= 11 is 3.33. The molecule has 5 heteroatoms. The number of carbonyl (C=O) groups is 1. The predicted octanol–water partition coefficient (Wildman–Crippen LogP) is 1.89. The van der Waals surface area contributed by atoms with E-state index in [1.54, 1.807) is 6.92 Å². The van der Waals surface area contributed by atoms with E-state index in [0.717, 1.165) is 11.8 Å². The van der Waals surface area contributed by atoms with E-state index in [-0.39, 0.29) is 11.9 Å². The average Bonchev–Trinajstić information content (AvgIpc) is 2.60. The first-order valence-corrected chi connectivity index (χ1v) is 5.59. The van der Waals surface area contributed by atoms with Crippen molar-refractivity contribution < 1.29 is 9.32 Å². The highest BCUT2D eigenvalue weighted by Crippen LogP contribution is 2.06. The quantitative estimate of drug-likeness (QED) is 0.842. The standard InChI is InChI=1S/C9H13BrN2O2/c1-3-7(4-10)12-9(13)8-5-11-14-6(8)2/h5,7H,3-4H2,1-2H3,(H,12,13). The Hall–Kier alpha value is -0.840. The van der Waals surface area contributed by atoms with E-state index in [4.69, 9.17) is 4.52 Å². The number of halogens is 1. The van der Waals surface area contributed by atoms with Crippen LogP contribution in [0.2, 0.25) is 0 Å². The Bertz CT molecular complexity index is 308. The molecule has 1 heterocycles. The van der Waals surface area contributed by atoms with Crippen molar-refractivity contribution >= 4 is 21.8 Å². The predicted molar refractivity (Wildman–Crippen MR) is 56.6 cm³/mol. The van der Waals surface area contributed by atoms with E-state index in [9.17, 15) is 4.79 Å². The molecular weight excluding hydrogens is 248 g/mol. The third-order valence-corrected chi connectivity index (χ3v) is 2.79. The van der Waals surface area contributed by atoms with Gasteiger partial charge in [0.1, 0.15) is 11.3 Å². The lowest BCUT2D eigenvalue weighted by molar-refractivity contribution is 0.0938. The number of hydrogen-bond donors (Lipinski definition) is 1. The van der Waals surface area contributed by atoms with Gasteiger partial charge >= 0.3 is 0 Å². The van der Waals surface area contributed by atoms with E-state index in [1.807, 2.05) is 6.92 Å². The molecule has 0 aliphatic carbocycles. The molecule has 0 fully saturated rings. The molecule has 0 radical (unpaired) electrons. The zero-order chi connectivity index (χ0) is 10.6. The van der Waals surface area contributed by atoms with Crippen molar-refractivity contribution in [3.8, 4) is 0 Å². The van der Waals surface area contributed by atoms with Crippen LogP contribution in [-0.2, 0) is 0 Å². The summed E-state index contributed by atoms with van der Waals surface area (Å²) in [7, 11) is 0. The van der Waals surface area contributed by atoms with Crippen molar-refractivity contribution in [3.63, 3.8) is 0 Å². The van der Waals surface area contributed by atoms with Gasteiger partial charge in [-0.2, -0.15) is 0 Å². The number of nitrogens with one attached hydrogen (secondary N) is 1. The van der Waals surface area contributed by atoms with Gasteiger partial charge < -0.3 is 9.84 Å². The summed E-state index contributed by atoms with van der Waals surface area (Å²) in [6.07, 6.45) is 2.33. The normalized spacial score (nSPS) is 12.5. The van der Waals surface area contributed by atoms with Crippen LogP contribution in [0.3, 0.4) is 0 Å². The largest absolute Gasteiger partial charge is 0.361 e. The van der Waals surface area contributed by atoms with Crippen molar-refractivity contribution in [3.05, 3.63) is 17.5 Å². The van der Waals surface area contributed by atoms with Crippen molar-refractivity contribution in [2.24, 2.45) is 0 Å². The monoisotopic (exact) mass is 260 g/mol. The van der Waals surface area contributed by atoms with E-state index < -0.39 is 0 Å². The van der Waals surface area contributed by atoms with Gasteiger partial charge in [-0.15, -0.1) is 0 Å². The molecule has 1 atom stereocenters. The molecule has 1 rings (SSSR count). The zero-order valence-electron chi connectivity index (χ0n) is 8.21. The Balaban J connectivity index is 2.63. The molecule has 1 amide bonds. The zero-order valence-corrected chi connectivity index (χ0v) is 9.80. The number of aromatic nitrogens is 1. The summed E-state index contributed by atoms with van der Waals surface area (Å²) in [5, 5.41) is 7.18. The molecule has 0 aliphatic rings. The van der Waals surface area contributed by atoms with Crippen molar-refractivity contribution in [2.75, 3.05) is 5.33 Å². The van der Waals surface area contributed by atoms with Crippen LogP contribution in [0.4, 0.5) is 0 Å². The van der Waals surface area contributed by atoms with Crippen LogP contribution >= 0.6 is 15.9 Å². The molecule has 0 spiro atoms. The maximum atomic E-state index is 11.6. The van der Waals surface area contributed by atoms with Gasteiger partial charge in [0.2, 0.25) is 0 Å². The minimum atomic E-state index is -0.130. The molecule has 1 unspecified atom stereocenters. The average molecular weight is 261 g/mol. The number of nitrogens with zero attached hydrogens (tertiary/aromatic N) is 1. The third-order valence-electron chi connectivity index (χ3n) is 2.01. The fraction of sp³-hybridized carbons (Fsp3) is 0.556. The van der Waals surface area contributed by atoms with Gasteiger partial charge in [-0.25, -0.2) is 0 Å². The van der Waals surface area contributed by atoms with Crippen LogP contribution in [0.25, 0.3) is 0 Å². The first-order chi connectivity index (χ1) is 6.69. The number of alkyl halides is 1. The highest BCUT2D eigenvalue weighted by atomic mass is 79.9. The van der Waals surface area contributed by atoms with Gasteiger partial charge in [0, 0.05) is 11.4 Å². The summed E-state index contributed by atoms with van der Waals surface area (Å²) in [4.78, 5) is 11.6. The molecule has 78 valence electrons. The molecule has 0 aromatic carbocycles. The first-order valence-electron chi connectivity index (χ1n) is 4.47. The van der Waals surface area contributed by atoms with Crippen LogP contribution in [0.15, 0.2) is 10.7 Å². The number of rotatable bonds is 4. The molecule has 1 aromatic heterocycles. The highest BCUT2D eigenvalue weighted by molar-refractivity contribution is 9.09. The van der Waals surface area contributed by atoms with Crippen molar-refractivity contribution in [1.29, 1.82) is 0 Å². The number of carbonyl (C=O) groups excluding carboxylic acids is 1. The summed E-state index contributed by atoms with van der Waals surface area (Å²) < 4.78 is 4.81. The first kappa shape index (κ1) is 11.2. The van der Waals surface area contributed by atoms with Crippen LogP contribution in [0, 0.1) is 6.92 Å². The second-order valence-corrected chi connectivity index (χ2v) is 3.68. The van der Waals surface area contributed by atoms with Gasteiger partial charge in [-0.05, 0) is 13.3 Å². The minimum Gasteiger partial charge on any atom is -0.361 e. The van der Waals surface area contributed by atoms with Crippen molar-refractivity contribution in [1.82, 2.24) is 10.5 Å². The van der Waals surface area contributed by atoms with E-state index in [0.29, 0.717) is 11.3 Å². The molecule has 1 N–H and O–H groups in total. The van der Waals surface area contributed by atoms with Crippen LogP contribution in [-0.4, -0.2) is 22.4 Å². The lowest BCUT2D eigenvalue weighted by atomic mass is 10.2. The smallest absolute Gasteiger partial charge is 0.256 e. The number of hydrogen-bond acceptors (Lipinski definition) is 3. The Morgan fingerprint density at radius 1 is 1.79 bits per heavy atom. The molecule has 0 aliphatic heterocycles. The Kier molecular flexibility index (Phi) is 4.13. The third kappa shape index (κ3) is 2.57. The van der Waals surface area contributed by atoms with E-state index in [2.05, 4.69) is 26.4 Å². The maximum absolute atomic E-state index is 11.6. The Morgan fingerprint density at radius 3 is 2.93 bits per heavy atom. The second kappa shape index (κ2) is 5.14. The number of amides is 1. The highest BCUT2D eigenvalue weighted by Gasteiger charge is 2.15. The Morgan fingerprint density at radius 2 is 2.50 bits per heavy atom. The molecule has 4 nitrogen and oxygen atoms in total. The summed E-state index contributed by atoms with van der Waals surface area (Å²) in [6.45, 7) is 3.74. The maximum Gasteiger partial charge on any atom is 0.256 e. The fourth-order valence-electron chi connectivity index (χ4n) is 1.03. The molecule has 0 saturated heterocycles. The Labute approximate surface area is 91.2 Å². The second-order valence-electron chi connectivity index (χ2n) is 3.03. The van der Waals surface area contributed by atoms with Gasteiger partial charge in [0.15, 0.2) is 0 Å². The van der Waals surface area contributed by atoms with Gasteiger partial charge in [0.05, 0.1) is 6.20 Å². The minimum absolute atomic E-state index is 0.130. The van der Waals surface area contributed by atoms with Crippen LogP contribution in [0.1, 0.15) is 29.5 Å². The van der Waals surface area contributed by atoms with Gasteiger partial charge in [0.25, 0.3) is 5.91 Å². The van der Waals surface area contributed by atoms with Crippen LogP contribution in [0.5, 0.6) is 0 Å². The summed E-state index contributed by atoms with van der Waals surface area (Å²) in [5.41, 5.74) is 0.504. The summed E-state index contributed by atoms with van der Waals surface area (Å²) in [5.74, 6) is 0.418. The molecular formula is C9H13BrN2O2. The molecule has 0 bridgehead atoms. The van der Waals surface area contributed by atoms with E-state index in [1.165, 1.54) is 6.20 Å². The SMILES string of the molecule is CCC(CBr)NC(=O)c1cnoc1C.